The molecule has 0 unspecified atom stereocenters. The van der Waals surface area contributed by atoms with E-state index in [4.69, 9.17) is 14.2 Å². The first-order chi connectivity index (χ1) is 16.2. The molecule has 2 heterocycles. The number of aromatic nitrogens is 1. The van der Waals surface area contributed by atoms with Gasteiger partial charge in [-0.25, -0.2) is 9.59 Å². The van der Waals surface area contributed by atoms with Crippen LogP contribution in [0.25, 0.3) is 0 Å². The van der Waals surface area contributed by atoms with Crippen LogP contribution in [0.3, 0.4) is 0 Å². The van der Waals surface area contributed by atoms with E-state index >= 15 is 0 Å². The first-order valence-electron chi connectivity index (χ1n) is 11.7. The van der Waals surface area contributed by atoms with E-state index in [0.717, 1.165) is 37.2 Å². The summed E-state index contributed by atoms with van der Waals surface area (Å²) in [5, 5.41) is 2.60. The molecule has 8 nitrogen and oxygen atoms in total. The third-order valence-corrected chi connectivity index (χ3v) is 5.67. The number of benzene rings is 1. The van der Waals surface area contributed by atoms with Crippen LogP contribution in [0.2, 0.25) is 0 Å². The van der Waals surface area contributed by atoms with Crippen LogP contribution in [0, 0.1) is 5.92 Å². The Morgan fingerprint density at radius 1 is 1.09 bits per heavy atom. The Kier molecular flexibility index (Phi) is 8.73. The van der Waals surface area contributed by atoms with Crippen LogP contribution in [0.5, 0.6) is 5.75 Å². The molecule has 1 atom stereocenters. The summed E-state index contributed by atoms with van der Waals surface area (Å²) in [7, 11) is 1.30. The van der Waals surface area contributed by atoms with Crippen molar-refractivity contribution in [2.45, 2.75) is 51.7 Å². The summed E-state index contributed by atoms with van der Waals surface area (Å²) in [6.45, 7) is 8.00. The molecule has 0 bridgehead atoms. The lowest BCUT2D eigenvalue weighted by molar-refractivity contribution is -0.143. The zero-order chi connectivity index (χ0) is 24.6. The minimum atomic E-state index is -0.836. The molecule has 0 saturated carbocycles. The summed E-state index contributed by atoms with van der Waals surface area (Å²) >= 11 is 0. The smallest absolute Gasteiger partial charge is 0.408 e. The quantitative estimate of drug-likeness (QED) is 0.585. The van der Waals surface area contributed by atoms with Gasteiger partial charge < -0.3 is 24.4 Å². The van der Waals surface area contributed by atoms with Gasteiger partial charge in [0.05, 0.1) is 13.7 Å². The first-order valence-corrected chi connectivity index (χ1v) is 11.7. The van der Waals surface area contributed by atoms with Crippen molar-refractivity contribution in [3.8, 4) is 5.75 Å². The molecule has 1 aliphatic rings. The summed E-state index contributed by atoms with van der Waals surface area (Å²) < 4.78 is 16.1. The highest BCUT2D eigenvalue weighted by Gasteiger charge is 2.25. The standard InChI is InChI=1S/C26H35N3O5/c1-26(2,3)34-25(31)28-23(24(30)32-4)17-19-5-7-22(8-6-19)33-18-20-11-15-29(16-12-20)21-9-13-27-14-10-21/h5-10,13-14,20,23H,11-12,15-18H2,1-4H3,(H,28,31)/t23-/m1/s1. The van der Waals surface area contributed by atoms with Gasteiger partial charge >= 0.3 is 12.1 Å². The van der Waals surface area contributed by atoms with E-state index in [1.54, 1.807) is 20.8 Å². The third-order valence-electron chi connectivity index (χ3n) is 5.67. The number of alkyl carbamates (subject to hydrolysis) is 1. The van der Waals surface area contributed by atoms with E-state index in [1.165, 1.54) is 12.8 Å². The molecule has 0 radical (unpaired) electrons. The molecule has 1 saturated heterocycles. The largest absolute Gasteiger partial charge is 0.493 e. The summed E-state index contributed by atoms with van der Waals surface area (Å²) in [6, 6.07) is 10.8. The average Bonchev–Trinajstić information content (AvgIpc) is 2.82. The zero-order valence-electron chi connectivity index (χ0n) is 20.5. The highest BCUT2D eigenvalue weighted by Crippen LogP contribution is 2.24. The average molecular weight is 470 g/mol. The van der Waals surface area contributed by atoms with Gasteiger partial charge in [0, 0.05) is 37.6 Å². The maximum absolute atomic E-state index is 12.2. The Hall–Kier alpha value is -3.29. The van der Waals surface area contributed by atoms with E-state index in [-0.39, 0.29) is 0 Å². The number of anilines is 1. The summed E-state index contributed by atoms with van der Waals surface area (Å²) in [6.07, 6.45) is 5.46. The number of piperidine rings is 1. The third kappa shape index (κ3) is 7.93. The fourth-order valence-corrected chi connectivity index (χ4v) is 3.87. The molecule has 2 aromatic rings. The molecule has 1 aromatic heterocycles. The summed E-state index contributed by atoms with van der Waals surface area (Å²) in [4.78, 5) is 30.7. The first kappa shape index (κ1) is 25.3. The number of hydrogen-bond acceptors (Lipinski definition) is 7. The second-order valence-corrected chi connectivity index (χ2v) is 9.52. The number of esters is 1. The lowest BCUT2D eigenvalue weighted by Crippen LogP contribution is -2.45. The van der Waals surface area contributed by atoms with E-state index in [1.807, 2.05) is 48.8 Å². The molecule has 184 valence electrons. The van der Waals surface area contributed by atoms with Gasteiger partial charge in [-0.15, -0.1) is 0 Å². The summed E-state index contributed by atoms with van der Waals surface area (Å²) in [5.74, 6) is 0.777. The van der Waals surface area contributed by atoms with Gasteiger partial charge in [0.1, 0.15) is 17.4 Å². The normalized spacial score (nSPS) is 15.4. The van der Waals surface area contributed by atoms with Gasteiger partial charge in [0.2, 0.25) is 0 Å². The van der Waals surface area contributed by atoms with Gasteiger partial charge in [0.15, 0.2) is 0 Å². The molecule has 3 rings (SSSR count). The predicted octanol–water partition coefficient (Wildman–Crippen LogP) is 3.99. The minimum Gasteiger partial charge on any atom is -0.493 e. The number of amides is 1. The van der Waals surface area contributed by atoms with Crippen molar-refractivity contribution < 1.29 is 23.8 Å². The number of rotatable bonds is 8. The van der Waals surface area contributed by atoms with Crippen molar-refractivity contribution in [2.75, 3.05) is 31.7 Å². The van der Waals surface area contributed by atoms with E-state index in [9.17, 15) is 9.59 Å². The van der Waals surface area contributed by atoms with Crippen molar-refractivity contribution in [3.63, 3.8) is 0 Å². The molecular weight excluding hydrogens is 434 g/mol. The van der Waals surface area contributed by atoms with Gasteiger partial charge in [-0.05, 0) is 69.4 Å². The summed E-state index contributed by atoms with van der Waals surface area (Å²) in [5.41, 5.74) is 1.44. The maximum atomic E-state index is 12.2. The molecule has 8 heteroatoms. The van der Waals surface area contributed by atoms with E-state index < -0.39 is 23.7 Å². The molecule has 1 fully saturated rings. The molecule has 1 amide bonds. The number of carbonyl (C=O) groups is 2. The van der Waals surface area contributed by atoms with Crippen LogP contribution >= 0.6 is 0 Å². The van der Waals surface area contributed by atoms with E-state index in [0.29, 0.717) is 18.9 Å². The number of methoxy groups -OCH3 is 1. The fourth-order valence-electron chi connectivity index (χ4n) is 3.87. The Balaban J connectivity index is 1.47. The molecule has 34 heavy (non-hydrogen) atoms. The van der Waals surface area contributed by atoms with Gasteiger partial charge in [-0.3, -0.25) is 4.98 Å². The molecule has 0 aliphatic carbocycles. The maximum Gasteiger partial charge on any atom is 0.408 e. The highest BCUT2D eigenvalue weighted by atomic mass is 16.6. The molecule has 1 aliphatic heterocycles. The van der Waals surface area contributed by atoms with Crippen molar-refractivity contribution in [1.29, 1.82) is 0 Å². The van der Waals surface area contributed by atoms with Crippen molar-refractivity contribution in [1.82, 2.24) is 10.3 Å². The van der Waals surface area contributed by atoms with Gasteiger partial charge in [-0.2, -0.15) is 0 Å². The van der Waals surface area contributed by atoms with Crippen LogP contribution < -0.4 is 15.0 Å². The SMILES string of the molecule is COC(=O)[C@@H](Cc1ccc(OCC2CCN(c3ccncc3)CC2)cc1)NC(=O)OC(C)(C)C. The Morgan fingerprint density at radius 3 is 2.32 bits per heavy atom. The number of hydrogen-bond donors (Lipinski definition) is 1. The zero-order valence-corrected chi connectivity index (χ0v) is 20.5. The van der Waals surface area contributed by atoms with Gasteiger partial charge in [-0.1, -0.05) is 12.1 Å². The van der Waals surface area contributed by atoms with Crippen molar-refractivity contribution in [3.05, 3.63) is 54.4 Å². The monoisotopic (exact) mass is 469 g/mol. The van der Waals surface area contributed by atoms with Crippen LogP contribution in [0.1, 0.15) is 39.2 Å². The molecule has 1 aromatic carbocycles. The van der Waals surface area contributed by atoms with Crippen LogP contribution in [-0.2, 0) is 20.7 Å². The lowest BCUT2D eigenvalue weighted by Gasteiger charge is -2.33. The highest BCUT2D eigenvalue weighted by molar-refractivity contribution is 5.81. The van der Waals surface area contributed by atoms with E-state index in [2.05, 4.69) is 15.2 Å². The second kappa shape index (κ2) is 11.7. The number of ether oxygens (including phenoxy) is 3. The Morgan fingerprint density at radius 2 is 1.74 bits per heavy atom. The predicted molar refractivity (Wildman–Crippen MR) is 130 cm³/mol. The number of carbonyl (C=O) groups excluding carboxylic acids is 2. The molecular formula is C26H35N3O5. The lowest BCUT2D eigenvalue weighted by atomic mass is 9.97. The Bertz CT molecular complexity index is 920. The minimum absolute atomic E-state index is 0.291. The van der Waals surface area contributed by atoms with Crippen LogP contribution in [0.4, 0.5) is 10.5 Å². The number of pyridine rings is 1. The van der Waals surface area contributed by atoms with Crippen molar-refractivity contribution >= 4 is 17.7 Å². The van der Waals surface area contributed by atoms with Crippen molar-refractivity contribution in [2.24, 2.45) is 5.92 Å². The van der Waals surface area contributed by atoms with Crippen LogP contribution in [-0.4, -0.2) is 55.5 Å². The second-order valence-electron chi connectivity index (χ2n) is 9.52. The van der Waals surface area contributed by atoms with Gasteiger partial charge in [0.25, 0.3) is 0 Å². The van der Waals surface area contributed by atoms with Crippen LogP contribution in [0.15, 0.2) is 48.8 Å². The molecule has 0 spiro atoms. The Labute approximate surface area is 201 Å². The topological polar surface area (TPSA) is 90.0 Å². The fraction of sp³-hybridized carbons (Fsp3) is 0.500. The number of nitrogens with zero attached hydrogens (tertiary/aromatic N) is 2. The molecule has 1 N–H and O–H groups in total. The number of nitrogens with one attached hydrogen (secondary N) is 1.